The lowest BCUT2D eigenvalue weighted by Crippen LogP contribution is -2.07. The normalized spacial score (nSPS) is 9.93. The van der Waals surface area contributed by atoms with E-state index in [1.165, 1.54) is 24.6 Å². The number of halogens is 1. The molecule has 2 rings (SSSR count). The fraction of sp³-hybridized carbons (Fsp3) is 0. The molecule has 1 radical (unpaired) electrons. The summed E-state index contributed by atoms with van der Waals surface area (Å²) in [5, 5.41) is 0. The lowest BCUT2D eigenvalue weighted by Gasteiger charge is -2.02. The predicted molar refractivity (Wildman–Crippen MR) is 54.4 cm³/mol. The van der Waals surface area contributed by atoms with Gasteiger partial charge in [-0.15, -0.1) is 0 Å². The van der Waals surface area contributed by atoms with Crippen molar-refractivity contribution in [3.8, 4) is 5.75 Å². The highest BCUT2D eigenvalue weighted by Crippen LogP contribution is 2.23. The number of ether oxygens (including phenoxy) is 1. The van der Waals surface area contributed by atoms with Crippen LogP contribution in [0.3, 0.4) is 0 Å². The summed E-state index contributed by atoms with van der Waals surface area (Å²) in [7, 11) is 0. The monoisotopic (exact) mass is 266 g/mol. The van der Waals surface area contributed by atoms with Crippen molar-refractivity contribution in [2.45, 2.75) is 0 Å². The van der Waals surface area contributed by atoms with Crippen molar-refractivity contribution in [3.05, 3.63) is 47.1 Å². The molecule has 0 aliphatic heterocycles. The number of aromatic nitrogens is 1. The number of nitrogens with zero attached hydrogens (tertiary/aromatic N) is 1. The smallest absolute Gasteiger partial charge is 0.379 e. The van der Waals surface area contributed by atoms with Crippen LogP contribution in [0.2, 0.25) is 0 Å². The van der Waals surface area contributed by atoms with Crippen LogP contribution >= 0.6 is 15.9 Å². The fourth-order valence-electron chi connectivity index (χ4n) is 0.945. The third-order valence-corrected chi connectivity index (χ3v) is 2.20. The molecule has 4 nitrogen and oxygen atoms in total. The maximum Gasteiger partial charge on any atom is 0.379 e. The molecule has 0 spiro atoms. The molecule has 0 saturated heterocycles. The molecular formula is C10H5BrNO3. The summed E-state index contributed by atoms with van der Waals surface area (Å²) in [6.07, 6.45) is 5.46. The van der Waals surface area contributed by atoms with E-state index in [4.69, 9.17) is 9.15 Å². The van der Waals surface area contributed by atoms with Crippen LogP contribution in [0.5, 0.6) is 5.75 Å². The molecule has 0 unspecified atom stereocenters. The van der Waals surface area contributed by atoms with Gasteiger partial charge in [-0.2, -0.15) is 0 Å². The zero-order valence-corrected chi connectivity index (χ0v) is 9.02. The summed E-state index contributed by atoms with van der Waals surface area (Å²) in [6.45, 7) is 0. The standard InChI is InChI=1S/C10H5BrNO3/c11-7-6-12-4-3-8(7)15-10(13)9-2-1-5-14-9/h1-3,5-6H. The molecule has 0 aromatic carbocycles. The number of esters is 1. The van der Waals surface area contributed by atoms with Crippen LogP contribution in [-0.4, -0.2) is 11.0 Å². The Bertz CT molecular complexity index is 467. The van der Waals surface area contributed by atoms with Crippen molar-refractivity contribution in [2.24, 2.45) is 0 Å². The van der Waals surface area contributed by atoms with Crippen LogP contribution in [0.25, 0.3) is 0 Å². The number of hydrogen-bond acceptors (Lipinski definition) is 4. The lowest BCUT2D eigenvalue weighted by atomic mass is 10.4. The van der Waals surface area contributed by atoms with E-state index in [2.05, 4.69) is 27.1 Å². The molecule has 75 valence electrons. The first-order valence-corrected chi connectivity index (χ1v) is 4.84. The van der Waals surface area contributed by atoms with Gasteiger partial charge in [-0.1, -0.05) is 0 Å². The van der Waals surface area contributed by atoms with Gasteiger partial charge in [-0.25, -0.2) is 4.79 Å². The second-order valence-corrected chi connectivity index (χ2v) is 3.46. The van der Waals surface area contributed by atoms with E-state index in [0.29, 0.717) is 10.2 Å². The highest BCUT2D eigenvalue weighted by atomic mass is 79.9. The van der Waals surface area contributed by atoms with E-state index in [-0.39, 0.29) is 5.76 Å². The summed E-state index contributed by atoms with van der Waals surface area (Å²) in [4.78, 5) is 15.2. The Labute approximate surface area is 94.0 Å². The minimum Gasteiger partial charge on any atom is -0.457 e. The fourth-order valence-corrected chi connectivity index (χ4v) is 1.24. The van der Waals surface area contributed by atoms with Crippen LogP contribution < -0.4 is 4.74 Å². The number of hydrogen-bond donors (Lipinski definition) is 0. The molecule has 2 aromatic heterocycles. The van der Waals surface area contributed by atoms with E-state index in [0.717, 1.165) is 0 Å². The first-order chi connectivity index (χ1) is 7.27. The Morgan fingerprint density at radius 2 is 2.47 bits per heavy atom. The van der Waals surface area contributed by atoms with Crippen LogP contribution in [-0.2, 0) is 0 Å². The van der Waals surface area contributed by atoms with Crippen molar-refractivity contribution >= 4 is 21.9 Å². The van der Waals surface area contributed by atoms with Crippen LogP contribution in [0.1, 0.15) is 10.6 Å². The van der Waals surface area contributed by atoms with Gasteiger partial charge >= 0.3 is 5.97 Å². The van der Waals surface area contributed by atoms with Crippen molar-refractivity contribution in [3.63, 3.8) is 0 Å². The molecule has 0 fully saturated rings. The van der Waals surface area contributed by atoms with E-state index in [1.807, 2.05) is 0 Å². The zero-order valence-electron chi connectivity index (χ0n) is 7.44. The van der Waals surface area contributed by atoms with Crippen LogP contribution in [0.15, 0.2) is 39.5 Å². The molecular weight excluding hydrogens is 262 g/mol. The summed E-state index contributed by atoms with van der Waals surface area (Å²) in [5.74, 6) is -0.0505. The van der Waals surface area contributed by atoms with E-state index in [1.54, 1.807) is 6.07 Å². The molecule has 15 heavy (non-hydrogen) atoms. The zero-order chi connectivity index (χ0) is 10.7. The van der Waals surface area contributed by atoms with Gasteiger partial charge in [0, 0.05) is 12.3 Å². The minimum absolute atomic E-state index is 0.152. The number of furan rings is 1. The van der Waals surface area contributed by atoms with Crippen LogP contribution in [0.4, 0.5) is 0 Å². The van der Waals surface area contributed by atoms with Crippen molar-refractivity contribution in [1.82, 2.24) is 4.98 Å². The summed E-state index contributed by atoms with van der Waals surface area (Å²) >= 11 is 3.20. The first-order valence-electron chi connectivity index (χ1n) is 4.04. The molecule has 0 aliphatic carbocycles. The van der Waals surface area contributed by atoms with Crippen LogP contribution in [0, 0.1) is 6.20 Å². The molecule has 0 N–H and O–H groups in total. The van der Waals surface area contributed by atoms with Gasteiger partial charge in [0.15, 0.2) is 0 Å². The molecule has 0 atom stereocenters. The molecule has 0 saturated carbocycles. The number of carbonyl (C=O) groups excluding carboxylic acids is 1. The molecule has 2 heterocycles. The van der Waals surface area contributed by atoms with Gasteiger partial charge in [-0.05, 0) is 28.1 Å². The van der Waals surface area contributed by atoms with Gasteiger partial charge in [0.1, 0.15) is 5.75 Å². The molecule has 5 heteroatoms. The topological polar surface area (TPSA) is 52.3 Å². The van der Waals surface area contributed by atoms with Crippen molar-refractivity contribution < 1.29 is 13.9 Å². The molecule has 0 aliphatic rings. The summed E-state index contributed by atoms with van der Waals surface area (Å²) < 4.78 is 10.5. The third kappa shape index (κ3) is 2.24. The number of carbonyl (C=O) groups is 1. The van der Waals surface area contributed by atoms with E-state index < -0.39 is 5.97 Å². The lowest BCUT2D eigenvalue weighted by molar-refractivity contribution is 0.0700. The molecule has 0 bridgehead atoms. The van der Waals surface area contributed by atoms with E-state index >= 15 is 0 Å². The SMILES string of the molecule is O=C(Oc1c[c]ncc1Br)c1ccco1. The van der Waals surface area contributed by atoms with Gasteiger partial charge in [0.05, 0.1) is 16.9 Å². The average molecular weight is 267 g/mol. The Morgan fingerprint density at radius 3 is 3.13 bits per heavy atom. The maximum absolute atomic E-state index is 11.5. The second-order valence-electron chi connectivity index (χ2n) is 2.61. The predicted octanol–water partition coefficient (Wildman–Crippen LogP) is 2.46. The largest absolute Gasteiger partial charge is 0.457 e. The van der Waals surface area contributed by atoms with Gasteiger partial charge in [0.2, 0.25) is 5.76 Å². The second kappa shape index (κ2) is 4.27. The quantitative estimate of drug-likeness (QED) is 0.784. The minimum atomic E-state index is -0.555. The van der Waals surface area contributed by atoms with Crippen molar-refractivity contribution in [2.75, 3.05) is 0 Å². The average Bonchev–Trinajstić information content (AvgIpc) is 2.74. The molecule has 0 amide bonds. The van der Waals surface area contributed by atoms with Gasteiger partial charge in [0.25, 0.3) is 0 Å². The van der Waals surface area contributed by atoms with Gasteiger partial charge < -0.3 is 9.15 Å². The highest BCUT2D eigenvalue weighted by Gasteiger charge is 2.12. The summed E-state index contributed by atoms with van der Waals surface area (Å²) in [6, 6.07) is 4.61. The van der Waals surface area contributed by atoms with E-state index in [9.17, 15) is 4.79 Å². The highest BCUT2D eigenvalue weighted by molar-refractivity contribution is 9.10. The molecule has 2 aromatic rings. The first kappa shape index (κ1) is 9.92. The number of rotatable bonds is 2. The Morgan fingerprint density at radius 1 is 1.60 bits per heavy atom. The summed E-state index contributed by atoms with van der Waals surface area (Å²) in [5.41, 5.74) is 0. The number of pyridine rings is 1. The maximum atomic E-state index is 11.5. The Hall–Kier alpha value is -1.62. The Balaban J connectivity index is 2.17. The van der Waals surface area contributed by atoms with Gasteiger partial charge in [-0.3, -0.25) is 4.98 Å². The van der Waals surface area contributed by atoms with Crippen molar-refractivity contribution in [1.29, 1.82) is 0 Å². The third-order valence-electron chi connectivity index (χ3n) is 1.61. The Kier molecular flexibility index (Phi) is 2.82.